The monoisotopic (exact) mass is 644 g/mol. The number of piperazine rings is 1. The van der Waals surface area contributed by atoms with Gasteiger partial charge in [0.25, 0.3) is 5.56 Å². The highest BCUT2D eigenvalue weighted by Crippen LogP contribution is 2.25. The molecule has 2 heterocycles. The molecular formula is C25H30BrClN4O5S2. The molecule has 0 N–H and O–H groups in total. The Kier molecular flexibility index (Phi) is 8.70. The lowest BCUT2D eigenvalue weighted by atomic mass is 10.1. The maximum Gasteiger partial charge on any atom is 0.261 e. The van der Waals surface area contributed by atoms with Gasteiger partial charge in [0, 0.05) is 42.2 Å². The fourth-order valence-electron chi connectivity index (χ4n) is 4.45. The van der Waals surface area contributed by atoms with E-state index in [0.717, 1.165) is 10.0 Å². The summed E-state index contributed by atoms with van der Waals surface area (Å²) in [6, 6.07) is 8.14. The van der Waals surface area contributed by atoms with Gasteiger partial charge in [-0.05, 0) is 55.3 Å². The second kappa shape index (κ2) is 11.3. The first-order valence-corrected chi connectivity index (χ1v) is 16.6. The van der Waals surface area contributed by atoms with Crippen LogP contribution in [0.3, 0.4) is 0 Å². The average Bonchev–Trinajstić information content (AvgIpc) is 2.87. The molecule has 0 aliphatic carbocycles. The summed E-state index contributed by atoms with van der Waals surface area (Å²) >= 11 is 9.72. The Bertz CT molecular complexity index is 1630. The van der Waals surface area contributed by atoms with E-state index in [4.69, 9.17) is 11.6 Å². The average molecular weight is 646 g/mol. The zero-order valence-corrected chi connectivity index (χ0v) is 25.4. The first-order valence-electron chi connectivity index (χ1n) is 12.2. The van der Waals surface area contributed by atoms with E-state index in [0.29, 0.717) is 54.2 Å². The summed E-state index contributed by atoms with van der Waals surface area (Å²) in [5, 5.41) is 0.338. The zero-order chi connectivity index (χ0) is 27.8. The van der Waals surface area contributed by atoms with Gasteiger partial charge < -0.3 is 0 Å². The number of benzene rings is 2. The van der Waals surface area contributed by atoms with E-state index in [2.05, 4.69) is 25.8 Å². The van der Waals surface area contributed by atoms with Gasteiger partial charge in [0.2, 0.25) is 10.0 Å². The van der Waals surface area contributed by atoms with Crippen LogP contribution >= 0.6 is 27.5 Å². The van der Waals surface area contributed by atoms with Crippen molar-refractivity contribution >= 4 is 58.3 Å². The maximum atomic E-state index is 13.3. The van der Waals surface area contributed by atoms with Crippen LogP contribution in [0.15, 0.2) is 50.8 Å². The van der Waals surface area contributed by atoms with E-state index < -0.39 is 25.1 Å². The fraction of sp³-hybridized carbons (Fsp3) is 0.440. The van der Waals surface area contributed by atoms with Crippen LogP contribution in [0.2, 0.25) is 5.02 Å². The molecule has 0 bridgehead atoms. The molecule has 13 heteroatoms. The van der Waals surface area contributed by atoms with Gasteiger partial charge in [-0.3, -0.25) is 14.3 Å². The third-order valence-corrected chi connectivity index (χ3v) is 11.8. The molecule has 1 aliphatic heterocycles. The Labute approximate surface area is 236 Å². The summed E-state index contributed by atoms with van der Waals surface area (Å²) in [7, 11) is -6.78. The molecule has 1 saturated heterocycles. The maximum absolute atomic E-state index is 13.3. The predicted octanol–water partition coefficient (Wildman–Crippen LogP) is 3.51. The van der Waals surface area contributed by atoms with Crippen molar-refractivity contribution in [2.75, 3.05) is 31.9 Å². The molecule has 0 atom stereocenters. The summed E-state index contributed by atoms with van der Waals surface area (Å²) in [5.74, 6) is -0.0647. The van der Waals surface area contributed by atoms with Crippen molar-refractivity contribution in [2.45, 2.75) is 44.0 Å². The highest BCUT2D eigenvalue weighted by Gasteiger charge is 2.29. The van der Waals surface area contributed by atoms with Gasteiger partial charge in [0.1, 0.15) is 0 Å². The molecule has 1 fully saturated rings. The first kappa shape index (κ1) is 29.2. The third-order valence-electron chi connectivity index (χ3n) is 6.75. The van der Waals surface area contributed by atoms with Crippen LogP contribution in [0, 0.1) is 0 Å². The van der Waals surface area contributed by atoms with E-state index in [1.807, 2.05) is 6.07 Å². The van der Waals surface area contributed by atoms with Gasteiger partial charge in [-0.2, -0.15) is 4.31 Å². The minimum Gasteiger partial charge on any atom is -0.296 e. The Hall–Kier alpha value is -1.83. The molecule has 2 aromatic carbocycles. The summed E-state index contributed by atoms with van der Waals surface area (Å²) in [5.41, 5.74) is 1.60. The normalized spacial score (nSPS) is 15.9. The van der Waals surface area contributed by atoms with Gasteiger partial charge in [0.05, 0.1) is 39.7 Å². The van der Waals surface area contributed by atoms with Crippen LogP contribution < -0.4 is 5.56 Å². The van der Waals surface area contributed by atoms with Crippen molar-refractivity contribution < 1.29 is 16.8 Å². The number of fused-ring (bicyclic) bond motifs is 1. The topological polar surface area (TPSA) is 110 Å². The second-order valence-electron chi connectivity index (χ2n) is 9.56. The lowest BCUT2D eigenvalue weighted by Gasteiger charge is -2.35. The smallest absolute Gasteiger partial charge is 0.261 e. The summed E-state index contributed by atoms with van der Waals surface area (Å²) in [4.78, 5) is 20.1. The third kappa shape index (κ3) is 6.00. The molecule has 9 nitrogen and oxygen atoms in total. The number of hydrogen-bond donors (Lipinski definition) is 0. The summed E-state index contributed by atoms with van der Waals surface area (Å²) in [6.45, 7) is 7.63. The highest BCUT2D eigenvalue weighted by molar-refractivity contribution is 9.10. The molecule has 1 aliphatic rings. The van der Waals surface area contributed by atoms with Gasteiger partial charge in [0.15, 0.2) is 9.84 Å². The molecule has 206 valence electrons. The number of halogens is 2. The Morgan fingerprint density at radius 1 is 1.00 bits per heavy atom. The van der Waals surface area contributed by atoms with Crippen molar-refractivity contribution in [3.05, 3.63) is 67.6 Å². The summed E-state index contributed by atoms with van der Waals surface area (Å²) < 4.78 is 53.7. The number of hydrogen-bond acceptors (Lipinski definition) is 7. The lowest BCUT2D eigenvalue weighted by Crippen LogP contribution is -2.50. The van der Waals surface area contributed by atoms with Crippen molar-refractivity contribution in [2.24, 2.45) is 0 Å². The Balaban J connectivity index is 1.58. The largest absolute Gasteiger partial charge is 0.296 e. The number of rotatable bonds is 8. The molecule has 0 radical (unpaired) electrons. The van der Waals surface area contributed by atoms with Crippen molar-refractivity contribution in [3.63, 3.8) is 0 Å². The van der Waals surface area contributed by atoms with E-state index in [1.165, 1.54) is 23.0 Å². The van der Waals surface area contributed by atoms with Crippen molar-refractivity contribution in [3.8, 4) is 0 Å². The van der Waals surface area contributed by atoms with Crippen LogP contribution in [0.1, 0.15) is 31.9 Å². The molecule has 0 unspecified atom stereocenters. The number of aromatic nitrogens is 2. The minimum absolute atomic E-state index is 0.0137. The first-order chi connectivity index (χ1) is 17.8. The van der Waals surface area contributed by atoms with E-state index >= 15 is 0 Å². The van der Waals surface area contributed by atoms with Crippen molar-refractivity contribution in [1.82, 2.24) is 18.8 Å². The molecule has 1 aromatic heterocycles. The van der Waals surface area contributed by atoms with Crippen LogP contribution in [0.4, 0.5) is 0 Å². The van der Waals surface area contributed by atoms with Crippen LogP contribution in [-0.2, 0) is 33.0 Å². The number of sulfonamides is 1. The Morgan fingerprint density at radius 3 is 2.32 bits per heavy atom. The van der Waals surface area contributed by atoms with Crippen LogP contribution in [0.5, 0.6) is 0 Å². The highest BCUT2D eigenvalue weighted by atomic mass is 79.9. The van der Waals surface area contributed by atoms with Crippen LogP contribution in [-0.4, -0.2) is 72.8 Å². The molecule has 38 heavy (non-hydrogen) atoms. The van der Waals surface area contributed by atoms with E-state index in [9.17, 15) is 21.6 Å². The summed E-state index contributed by atoms with van der Waals surface area (Å²) in [6.07, 6.45) is 1.42. The van der Waals surface area contributed by atoms with Gasteiger partial charge in [-0.25, -0.2) is 21.8 Å². The molecule has 0 saturated carbocycles. The van der Waals surface area contributed by atoms with Crippen molar-refractivity contribution in [1.29, 1.82) is 0 Å². The zero-order valence-electron chi connectivity index (χ0n) is 21.4. The van der Waals surface area contributed by atoms with E-state index in [-0.39, 0.29) is 22.8 Å². The van der Waals surface area contributed by atoms with Gasteiger partial charge in [-0.15, -0.1) is 0 Å². The minimum atomic E-state index is -3.51. The molecule has 3 aromatic rings. The second-order valence-corrected chi connectivity index (χ2v) is 15.6. The van der Waals surface area contributed by atoms with E-state index in [1.54, 1.807) is 37.2 Å². The molecule has 0 amide bonds. The quantitative estimate of drug-likeness (QED) is 0.369. The van der Waals surface area contributed by atoms with Gasteiger partial charge in [-0.1, -0.05) is 34.5 Å². The van der Waals surface area contributed by atoms with Crippen LogP contribution in [0.25, 0.3) is 10.9 Å². The SMILES string of the molecule is CCS(=O)(=O)c1ccc(Cl)cc1Cn1cnc2cc(CN3CCN(S(=O)(=O)C(C)C)CC3)c(Br)cc2c1=O. The predicted molar refractivity (Wildman–Crippen MR) is 153 cm³/mol. The molecule has 4 rings (SSSR count). The lowest BCUT2D eigenvalue weighted by molar-refractivity contribution is 0.181. The molecule has 0 spiro atoms. The fourth-order valence-corrected chi connectivity index (χ4v) is 7.49. The van der Waals surface area contributed by atoms with Gasteiger partial charge >= 0.3 is 0 Å². The number of sulfone groups is 1. The number of nitrogens with zero attached hydrogens (tertiary/aromatic N) is 4. The molecular weight excluding hydrogens is 616 g/mol. The Morgan fingerprint density at radius 2 is 1.68 bits per heavy atom. The standard InChI is InChI=1S/C25H30BrClN4O5S2/c1-4-37(33,34)24-6-5-20(27)11-19(24)15-30-16-28-23-12-18(22(26)13-21(23)25(30)32)14-29-7-9-31(10-8-29)38(35,36)17(2)3/h5-6,11-13,16-17H,4,7-10,14-15H2,1-3H3.